The number of hydrogen-bond donors (Lipinski definition) is 2. The molecular weight excluding hydrogens is 280 g/mol. The van der Waals surface area contributed by atoms with E-state index in [9.17, 15) is 10.5 Å². The molecule has 4 rings (SSSR count). The van der Waals surface area contributed by atoms with Gasteiger partial charge in [0.1, 0.15) is 0 Å². The highest BCUT2D eigenvalue weighted by atomic mass is 16.8. The van der Waals surface area contributed by atoms with Crippen LogP contribution in [0.3, 0.4) is 0 Å². The molecule has 0 aromatic carbocycles. The van der Waals surface area contributed by atoms with Crippen molar-refractivity contribution in [3.8, 4) is 12.1 Å². The topological polar surface area (TPSA) is 106 Å². The fourth-order valence-corrected chi connectivity index (χ4v) is 5.52. The molecule has 3 N–H and O–H groups in total. The Balaban J connectivity index is 1.92. The van der Waals surface area contributed by atoms with Gasteiger partial charge in [0, 0.05) is 5.41 Å². The lowest BCUT2D eigenvalue weighted by atomic mass is 9.83. The summed E-state index contributed by atoms with van der Waals surface area (Å²) in [5, 5.41) is 20.1. The molecule has 0 radical (unpaired) electrons. The molecule has 2 aliphatic carbocycles. The Hall–Kier alpha value is -1.63. The molecule has 4 atom stereocenters. The summed E-state index contributed by atoms with van der Waals surface area (Å²) in [5.74, 6) is -0.904. The van der Waals surface area contributed by atoms with Crippen molar-refractivity contribution in [2.24, 2.45) is 22.0 Å². The van der Waals surface area contributed by atoms with Crippen molar-refractivity contribution in [1.29, 1.82) is 10.5 Å². The van der Waals surface area contributed by atoms with Gasteiger partial charge in [0.05, 0.1) is 24.8 Å². The monoisotopic (exact) mass is 301 g/mol. The minimum absolute atomic E-state index is 0.122. The third-order valence-electron chi connectivity index (χ3n) is 6.31. The standard InChI is InChI=1S/C16H20N4O2/c1-11-8-21-16(22-11)15(10-18)13(6-4-2-3-5-7-13)14(15,9-17)12(19)20-16/h11H,2-8H2,1H3,(H2,19,20)/p+1/t11-,14+,15-,16+/m1/s1. The molecule has 2 saturated carbocycles. The van der Waals surface area contributed by atoms with Crippen LogP contribution >= 0.6 is 0 Å². The molecule has 3 fully saturated rings. The average Bonchev–Trinajstić information content (AvgIpc) is 2.88. The van der Waals surface area contributed by atoms with Crippen molar-refractivity contribution in [2.75, 3.05) is 6.61 Å². The second-order valence-electron chi connectivity index (χ2n) is 7.11. The fourth-order valence-electron chi connectivity index (χ4n) is 5.52. The van der Waals surface area contributed by atoms with Gasteiger partial charge in [-0.15, -0.1) is 0 Å². The molecule has 116 valence electrons. The average molecular weight is 301 g/mol. The Morgan fingerprint density at radius 1 is 1.18 bits per heavy atom. The Morgan fingerprint density at radius 2 is 1.86 bits per heavy atom. The van der Waals surface area contributed by atoms with E-state index < -0.39 is 22.2 Å². The van der Waals surface area contributed by atoms with Gasteiger partial charge in [0.15, 0.2) is 10.8 Å². The SMILES string of the molecule is C[C@@H]1CO[C@]2([NH+]=C(N)[C@@]3(C#N)C4(CCCCCC4)[C@@]23C#N)O1. The minimum atomic E-state index is -1.26. The molecule has 1 saturated heterocycles. The summed E-state index contributed by atoms with van der Waals surface area (Å²) in [6.07, 6.45) is 5.87. The number of nitrogens with two attached hydrogens (primary N) is 1. The van der Waals surface area contributed by atoms with Crippen molar-refractivity contribution in [1.82, 2.24) is 0 Å². The van der Waals surface area contributed by atoms with Crippen molar-refractivity contribution in [3.63, 3.8) is 0 Å². The smallest absolute Gasteiger partial charge is 0.311 e. The summed E-state index contributed by atoms with van der Waals surface area (Å²) < 4.78 is 11.9. The summed E-state index contributed by atoms with van der Waals surface area (Å²) >= 11 is 0. The molecule has 0 aromatic rings. The van der Waals surface area contributed by atoms with Crippen LogP contribution in [0.1, 0.15) is 45.4 Å². The van der Waals surface area contributed by atoms with Crippen molar-refractivity contribution < 1.29 is 14.5 Å². The number of fused-ring (bicyclic) bond motifs is 4. The molecule has 6 nitrogen and oxygen atoms in total. The summed E-state index contributed by atoms with van der Waals surface area (Å²) in [7, 11) is 0. The van der Waals surface area contributed by atoms with Crippen LogP contribution < -0.4 is 10.7 Å². The highest BCUT2D eigenvalue weighted by Gasteiger charge is 3.03. The minimum Gasteiger partial charge on any atom is -0.311 e. The molecule has 0 amide bonds. The first-order chi connectivity index (χ1) is 10.6. The molecule has 2 spiro atoms. The van der Waals surface area contributed by atoms with E-state index >= 15 is 0 Å². The molecule has 4 aliphatic rings. The lowest BCUT2D eigenvalue weighted by Gasteiger charge is -2.28. The molecule has 0 unspecified atom stereocenters. The lowest BCUT2D eigenvalue weighted by molar-refractivity contribution is -0.680. The third kappa shape index (κ3) is 1.09. The molecule has 6 heteroatoms. The first kappa shape index (κ1) is 14.0. The van der Waals surface area contributed by atoms with Crippen molar-refractivity contribution in [2.45, 2.75) is 57.5 Å². The Kier molecular flexibility index (Phi) is 2.55. The van der Waals surface area contributed by atoms with E-state index in [0.29, 0.717) is 12.4 Å². The highest BCUT2D eigenvalue weighted by Crippen LogP contribution is 2.86. The number of amidine groups is 1. The van der Waals surface area contributed by atoms with Gasteiger partial charge in [-0.25, -0.2) is 4.99 Å². The second-order valence-corrected chi connectivity index (χ2v) is 7.11. The molecule has 0 aromatic heterocycles. The van der Waals surface area contributed by atoms with Gasteiger partial charge in [-0.3, -0.25) is 5.73 Å². The van der Waals surface area contributed by atoms with Gasteiger partial charge in [-0.05, 0) is 19.8 Å². The predicted molar refractivity (Wildman–Crippen MR) is 75.6 cm³/mol. The van der Waals surface area contributed by atoms with Gasteiger partial charge in [-0.2, -0.15) is 10.5 Å². The summed E-state index contributed by atoms with van der Waals surface area (Å²) in [6.45, 7) is 2.31. The zero-order valence-corrected chi connectivity index (χ0v) is 12.8. The van der Waals surface area contributed by atoms with Crippen LogP contribution in [0.5, 0.6) is 0 Å². The van der Waals surface area contributed by atoms with Crippen molar-refractivity contribution >= 4 is 5.84 Å². The van der Waals surface area contributed by atoms with Crippen LogP contribution in [0.25, 0.3) is 0 Å². The van der Waals surface area contributed by atoms with E-state index in [2.05, 4.69) is 17.1 Å². The molecule has 0 bridgehead atoms. The molecule has 2 aliphatic heterocycles. The normalized spacial score (nSPS) is 48.3. The van der Waals surface area contributed by atoms with E-state index in [0.717, 1.165) is 38.5 Å². The van der Waals surface area contributed by atoms with E-state index in [4.69, 9.17) is 15.2 Å². The fraction of sp³-hybridized carbons (Fsp3) is 0.812. The largest absolute Gasteiger partial charge is 0.343 e. The van der Waals surface area contributed by atoms with Gasteiger partial charge < -0.3 is 9.47 Å². The number of hydrogen-bond acceptors (Lipinski definition) is 5. The number of ether oxygens (including phenoxy) is 2. The first-order valence-corrected chi connectivity index (χ1v) is 8.11. The van der Waals surface area contributed by atoms with Gasteiger partial charge in [0.2, 0.25) is 0 Å². The first-order valence-electron chi connectivity index (χ1n) is 8.11. The maximum absolute atomic E-state index is 10.1. The lowest BCUT2D eigenvalue weighted by Crippen LogP contribution is -2.90. The van der Waals surface area contributed by atoms with E-state index in [1.54, 1.807) is 0 Å². The van der Waals surface area contributed by atoms with E-state index in [-0.39, 0.29) is 6.10 Å². The number of nitrogens with zero attached hydrogens (tertiary/aromatic N) is 2. The van der Waals surface area contributed by atoms with Crippen molar-refractivity contribution in [3.05, 3.63) is 0 Å². The second kappa shape index (κ2) is 4.01. The summed E-state index contributed by atoms with van der Waals surface area (Å²) in [4.78, 5) is 3.04. The Morgan fingerprint density at radius 3 is 2.36 bits per heavy atom. The zero-order valence-electron chi connectivity index (χ0n) is 12.8. The number of rotatable bonds is 0. The molecule has 22 heavy (non-hydrogen) atoms. The number of nitriles is 2. The van der Waals surface area contributed by atoms with E-state index in [1.165, 1.54) is 0 Å². The Bertz CT molecular complexity index is 640. The van der Waals surface area contributed by atoms with Crippen LogP contribution in [0.2, 0.25) is 0 Å². The van der Waals surface area contributed by atoms with E-state index in [1.807, 2.05) is 6.92 Å². The highest BCUT2D eigenvalue weighted by molar-refractivity contribution is 5.95. The van der Waals surface area contributed by atoms with Crippen LogP contribution in [0.4, 0.5) is 0 Å². The maximum atomic E-state index is 10.1. The predicted octanol–water partition coefficient (Wildman–Crippen LogP) is -0.0989. The quantitative estimate of drug-likeness (QED) is 0.650. The van der Waals surface area contributed by atoms with Crippen LogP contribution in [0, 0.1) is 38.9 Å². The van der Waals surface area contributed by atoms with Gasteiger partial charge in [0.25, 0.3) is 5.84 Å². The summed E-state index contributed by atoms with van der Waals surface area (Å²) in [6, 6.07) is 4.85. The maximum Gasteiger partial charge on any atom is 0.343 e. The Labute approximate surface area is 129 Å². The zero-order chi connectivity index (χ0) is 15.6. The molecular formula is C16H21N4O2+. The number of nitrogens with one attached hydrogen (secondary N) is 1. The van der Waals surface area contributed by atoms with Crippen LogP contribution in [-0.2, 0) is 9.47 Å². The van der Waals surface area contributed by atoms with Crippen LogP contribution in [-0.4, -0.2) is 24.5 Å². The van der Waals surface area contributed by atoms with Crippen LogP contribution in [0.15, 0.2) is 0 Å². The third-order valence-corrected chi connectivity index (χ3v) is 6.31. The molecule has 2 heterocycles. The van der Waals surface area contributed by atoms with Gasteiger partial charge in [-0.1, -0.05) is 25.7 Å². The van der Waals surface area contributed by atoms with Gasteiger partial charge >= 0.3 is 5.91 Å². The summed E-state index contributed by atoms with van der Waals surface area (Å²) in [5.41, 5.74) is 3.77.